The molecule has 0 aliphatic rings. The van der Waals surface area contributed by atoms with E-state index in [1.54, 1.807) is 54.6 Å². The highest BCUT2D eigenvalue weighted by molar-refractivity contribution is 9.10. The molecular formula is C25H21BrN2O4S2. The number of halogens is 1. The van der Waals surface area contributed by atoms with Gasteiger partial charge in [-0.2, -0.15) is 4.72 Å². The topological polar surface area (TPSA) is 85.2 Å². The van der Waals surface area contributed by atoms with Crippen molar-refractivity contribution >= 4 is 46.9 Å². The highest BCUT2D eigenvalue weighted by Crippen LogP contribution is 2.28. The molecule has 4 aromatic rings. The first-order valence-electron chi connectivity index (χ1n) is 10.3. The van der Waals surface area contributed by atoms with Gasteiger partial charge in [0.2, 0.25) is 10.0 Å². The Morgan fingerprint density at radius 2 is 1.44 bits per heavy atom. The summed E-state index contributed by atoms with van der Waals surface area (Å²) in [5.74, 6) is 5.72. The number of nitrogens with zero attached hydrogens (tertiary/aromatic N) is 1. The second kappa shape index (κ2) is 9.39. The number of hydrogen-bond donors (Lipinski definition) is 1. The van der Waals surface area contributed by atoms with Crippen LogP contribution >= 0.6 is 15.9 Å². The van der Waals surface area contributed by atoms with E-state index >= 15 is 0 Å². The van der Waals surface area contributed by atoms with E-state index in [0.717, 1.165) is 15.6 Å². The Bertz CT molecular complexity index is 1640. The number of benzene rings is 3. The van der Waals surface area contributed by atoms with Gasteiger partial charge in [0.15, 0.2) is 0 Å². The Hall–Kier alpha value is -2.90. The predicted molar refractivity (Wildman–Crippen MR) is 137 cm³/mol. The number of aryl methyl sites for hydroxylation is 2. The maximum absolute atomic E-state index is 13.3. The fourth-order valence-corrected chi connectivity index (χ4v) is 6.02. The molecule has 34 heavy (non-hydrogen) atoms. The molecule has 0 fully saturated rings. The summed E-state index contributed by atoms with van der Waals surface area (Å²) in [5, 5.41) is 0.638. The molecular weight excluding hydrogens is 536 g/mol. The quantitative estimate of drug-likeness (QED) is 0.364. The van der Waals surface area contributed by atoms with E-state index in [4.69, 9.17) is 0 Å². The maximum atomic E-state index is 13.3. The summed E-state index contributed by atoms with van der Waals surface area (Å²) >= 11 is 3.42. The highest BCUT2D eigenvalue weighted by Gasteiger charge is 2.21. The van der Waals surface area contributed by atoms with E-state index in [-0.39, 0.29) is 16.3 Å². The summed E-state index contributed by atoms with van der Waals surface area (Å²) in [7, 11) is -7.55. The Morgan fingerprint density at radius 3 is 2.06 bits per heavy atom. The molecule has 1 aromatic heterocycles. The fourth-order valence-electron chi connectivity index (χ4n) is 3.37. The second-order valence-electron chi connectivity index (χ2n) is 7.76. The molecule has 0 aliphatic carbocycles. The van der Waals surface area contributed by atoms with Crippen LogP contribution in [-0.4, -0.2) is 27.4 Å². The third-order valence-electron chi connectivity index (χ3n) is 5.22. The van der Waals surface area contributed by atoms with Crippen molar-refractivity contribution in [2.75, 3.05) is 6.54 Å². The van der Waals surface area contributed by atoms with Crippen molar-refractivity contribution in [1.82, 2.24) is 8.69 Å². The minimum Gasteiger partial charge on any atom is -0.240 e. The molecule has 4 rings (SSSR count). The van der Waals surface area contributed by atoms with Gasteiger partial charge in [0.25, 0.3) is 10.0 Å². The summed E-state index contributed by atoms with van der Waals surface area (Å²) in [6, 6.07) is 18.4. The van der Waals surface area contributed by atoms with Gasteiger partial charge in [-0.1, -0.05) is 63.2 Å². The number of aromatic nitrogens is 1. The van der Waals surface area contributed by atoms with Gasteiger partial charge in [-0.05, 0) is 56.3 Å². The zero-order valence-electron chi connectivity index (χ0n) is 18.4. The van der Waals surface area contributed by atoms with E-state index < -0.39 is 20.0 Å². The number of hydrogen-bond acceptors (Lipinski definition) is 4. The lowest BCUT2D eigenvalue weighted by molar-refractivity contribution is 0.585. The Morgan fingerprint density at radius 1 is 0.853 bits per heavy atom. The number of rotatable bonds is 5. The molecule has 3 aromatic carbocycles. The van der Waals surface area contributed by atoms with Crippen LogP contribution in [0.3, 0.4) is 0 Å². The number of fused-ring (bicyclic) bond motifs is 1. The standard InChI is InChI=1S/C25H21BrN2O4S2/c1-18-5-10-22(11-6-18)33(29,30)27-15-3-4-20-17-28(25-14-9-21(26)16-24(20)25)34(31,32)23-12-7-19(2)8-13-23/h5-14,16-17,27H,15H2,1-2H3. The minimum atomic E-state index is -3.85. The van der Waals surface area contributed by atoms with Crippen LogP contribution in [0.2, 0.25) is 0 Å². The Kier molecular flexibility index (Phi) is 6.69. The van der Waals surface area contributed by atoms with Crippen molar-refractivity contribution in [1.29, 1.82) is 0 Å². The summed E-state index contributed by atoms with van der Waals surface area (Å²) in [6.07, 6.45) is 1.47. The molecule has 9 heteroatoms. The largest absolute Gasteiger partial charge is 0.268 e. The van der Waals surface area contributed by atoms with Crippen LogP contribution < -0.4 is 4.72 Å². The van der Waals surface area contributed by atoms with Gasteiger partial charge in [-0.15, -0.1) is 0 Å². The van der Waals surface area contributed by atoms with E-state index in [0.29, 0.717) is 16.5 Å². The molecule has 0 unspecified atom stereocenters. The van der Waals surface area contributed by atoms with Crippen molar-refractivity contribution in [3.8, 4) is 11.8 Å². The van der Waals surface area contributed by atoms with Gasteiger partial charge in [-0.25, -0.2) is 20.8 Å². The van der Waals surface area contributed by atoms with Gasteiger partial charge in [-0.3, -0.25) is 0 Å². The van der Waals surface area contributed by atoms with Crippen molar-refractivity contribution < 1.29 is 16.8 Å². The van der Waals surface area contributed by atoms with E-state index in [1.165, 1.54) is 22.3 Å². The molecule has 174 valence electrons. The molecule has 0 bridgehead atoms. The smallest absolute Gasteiger partial charge is 0.240 e. The molecule has 0 radical (unpaired) electrons. The van der Waals surface area contributed by atoms with Gasteiger partial charge < -0.3 is 0 Å². The molecule has 1 heterocycles. The normalized spacial score (nSPS) is 11.9. The lowest BCUT2D eigenvalue weighted by atomic mass is 10.2. The van der Waals surface area contributed by atoms with Crippen molar-refractivity contribution in [3.63, 3.8) is 0 Å². The summed E-state index contributed by atoms with van der Waals surface area (Å²) in [5.41, 5.74) is 2.87. The van der Waals surface area contributed by atoms with E-state index in [2.05, 4.69) is 32.5 Å². The summed E-state index contributed by atoms with van der Waals surface area (Å²) < 4.78 is 56.0. The second-order valence-corrected chi connectivity index (χ2v) is 12.3. The first kappa shape index (κ1) is 24.2. The van der Waals surface area contributed by atoms with Gasteiger partial charge in [0.05, 0.1) is 27.4 Å². The van der Waals surface area contributed by atoms with Crippen LogP contribution in [0.25, 0.3) is 10.9 Å². The first-order chi connectivity index (χ1) is 16.1. The molecule has 0 amide bonds. The van der Waals surface area contributed by atoms with Crippen LogP contribution in [0.1, 0.15) is 16.7 Å². The molecule has 0 spiro atoms. The molecule has 1 N–H and O–H groups in total. The van der Waals surface area contributed by atoms with Crippen LogP contribution in [0, 0.1) is 25.7 Å². The van der Waals surface area contributed by atoms with Crippen molar-refractivity contribution in [2.45, 2.75) is 23.6 Å². The summed E-state index contributed by atoms with van der Waals surface area (Å²) in [4.78, 5) is 0.327. The van der Waals surface area contributed by atoms with Crippen molar-refractivity contribution in [3.05, 3.63) is 94.1 Å². The first-order valence-corrected chi connectivity index (χ1v) is 14.0. The van der Waals surface area contributed by atoms with Crippen LogP contribution in [0.5, 0.6) is 0 Å². The fraction of sp³-hybridized carbons (Fsp3) is 0.120. The van der Waals surface area contributed by atoms with E-state index in [9.17, 15) is 16.8 Å². The minimum absolute atomic E-state index is 0.123. The van der Waals surface area contributed by atoms with Gasteiger partial charge >= 0.3 is 0 Å². The molecule has 0 saturated heterocycles. The van der Waals surface area contributed by atoms with E-state index in [1.807, 2.05) is 13.8 Å². The van der Waals surface area contributed by atoms with Gasteiger partial charge in [0.1, 0.15) is 0 Å². The maximum Gasteiger partial charge on any atom is 0.268 e. The number of sulfonamides is 1. The Labute approximate surface area is 207 Å². The van der Waals surface area contributed by atoms with Crippen LogP contribution in [0.4, 0.5) is 0 Å². The van der Waals surface area contributed by atoms with Crippen LogP contribution in [0.15, 0.2) is 87.2 Å². The third-order valence-corrected chi connectivity index (χ3v) is 8.81. The molecule has 0 atom stereocenters. The molecule has 6 nitrogen and oxygen atoms in total. The number of nitrogens with one attached hydrogen (secondary N) is 1. The zero-order valence-corrected chi connectivity index (χ0v) is 21.6. The van der Waals surface area contributed by atoms with Crippen molar-refractivity contribution in [2.24, 2.45) is 0 Å². The Balaban J connectivity index is 1.67. The zero-order chi connectivity index (χ0) is 24.5. The highest BCUT2D eigenvalue weighted by atomic mass is 79.9. The summed E-state index contributed by atoms with van der Waals surface area (Å²) in [6.45, 7) is 3.64. The average Bonchev–Trinajstić information content (AvgIpc) is 3.16. The molecule has 0 saturated carbocycles. The monoisotopic (exact) mass is 556 g/mol. The predicted octanol–water partition coefficient (Wildman–Crippen LogP) is 4.59. The average molecular weight is 557 g/mol. The lowest BCUT2D eigenvalue weighted by Gasteiger charge is -2.07. The molecule has 0 aliphatic heterocycles. The van der Waals surface area contributed by atoms with Gasteiger partial charge in [0, 0.05) is 16.1 Å². The van der Waals surface area contributed by atoms with Crippen LogP contribution in [-0.2, 0) is 20.0 Å². The lowest BCUT2D eigenvalue weighted by Crippen LogP contribution is -2.23. The third kappa shape index (κ3) is 4.95. The SMILES string of the molecule is Cc1ccc(S(=O)(=O)NCC#Cc2cn(S(=O)(=O)c3ccc(C)cc3)c3ccc(Br)cc23)cc1.